The Balaban J connectivity index is 1.99. The maximum Gasteiger partial charge on any atom is 0.225 e. The van der Waals surface area contributed by atoms with Crippen LogP contribution in [0.25, 0.3) is 0 Å². The van der Waals surface area contributed by atoms with E-state index in [4.69, 9.17) is 0 Å². The number of hydrogen-bond acceptors (Lipinski definition) is 2. The second-order valence-electron chi connectivity index (χ2n) is 4.95. The van der Waals surface area contributed by atoms with Crippen molar-refractivity contribution in [2.24, 2.45) is 5.92 Å². The molecule has 0 atom stereocenters. The van der Waals surface area contributed by atoms with Gasteiger partial charge in [0.1, 0.15) is 5.82 Å². The number of piperidine rings is 1. The van der Waals surface area contributed by atoms with Gasteiger partial charge in [-0.05, 0) is 25.0 Å². The molecule has 2 rings (SSSR count). The summed E-state index contributed by atoms with van der Waals surface area (Å²) in [7, 11) is 3.57. The van der Waals surface area contributed by atoms with Crippen LogP contribution in [0.2, 0.25) is 0 Å². The molecule has 1 amide bonds. The number of carbonyl (C=O) groups is 1. The van der Waals surface area contributed by atoms with Crippen molar-refractivity contribution >= 4 is 11.6 Å². The number of benzene rings is 1. The second-order valence-corrected chi connectivity index (χ2v) is 4.95. The molecule has 1 aromatic carbocycles. The minimum atomic E-state index is -0.185. The molecule has 18 heavy (non-hydrogen) atoms. The van der Waals surface area contributed by atoms with Crippen LogP contribution in [0.15, 0.2) is 24.3 Å². The van der Waals surface area contributed by atoms with Crippen LogP contribution in [-0.2, 0) is 4.79 Å². The molecule has 0 aliphatic carbocycles. The molecule has 0 bridgehead atoms. The molecule has 3 nitrogen and oxygen atoms in total. The summed E-state index contributed by atoms with van der Waals surface area (Å²) in [4.78, 5) is 15.5. The zero-order valence-electron chi connectivity index (χ0n) is 10.9. The van der Waals surface area contributed by atoms with Crippen molar-refractivity contribution in [3.8, 4) is 0 Å². The van der Waals surface area contributed by atoms with Gasteiger partial charge in [-0.15, -0.1) is 0 Å². The van der Waals surface area contributed by atoms with E-state index in [1.165, 1.54) is 6.07 Å². The van der Waals surface area contributed by atoms with Crippen LogP contribution in [0.1, 0.15) is 12.8 Å². The molecule has 1 aliphatic rings. The van der Waals surface area contributed by atoms with Gasteiger partial charge in [-0.1, -0.05) is 12.1 Å². The fraction of sp³-hybridized carbons (Fsp3) is 0.500. The summed E-state index contributed by atoms with van der Waals surface area (Å²) in [6, 6.07) is 6.81. The highest BCUT2D eigenvalue weighted by Crippen LogP contribution is 2.26. The third kappa shape index (κ3) is 2.63. The van der Waals surface area contributed by atoms with E-state index in [1.54, 1.807) is 31.1 Å². The molecule has 1 saturated heterocycles. The van der Waals surface area contributed by atoms with Gasteiger partial charge < -0.3 is 9.80 Å². The molecule has 98 valence electrons. The van der Waals surface area contributed by atoms with E-state index in [1.807, 2.05) is 11.0 Å². The standard InChI is InChI=1S/C14H19FN2O/c1-16(2)14(18)11-7-9-17(10-8-11)13-6-4-3-5-12(13)15/h3-6,11H,7-10H2,1-2H3. The largest absolute Gasteiger partial charge is 0.369 e. The lowest BCUT2D eigenvalue weighted by atomic mass is 9.95. The molecule has 1 aromatic rings. The molecular weight excluding hydrogens is 231 g/mol. The molecule has 0 N–H and O–H groups in total. The Morgan fingerprint density at radius 3 is 2.44 bits per heavy atom. The van der Waals surface area contributed by atoms with Gasteiger partial charge in [-0.25, -0.2) is 4.39 Å². The summed E-state index contributed by atoms with van der Waals surface area (Å²) < 4.78 is 13.6. The van der Waals surface area contributed by atoms with Crippen molar-refractivity contribution in [3.63, 3.8) is 0 Å². The Morgan fingerprint density at radius 1 is 1.28 bits per heavy atom. The highest BCUT2D eigenvalue weighted by atomic mass is 19.1. The quantitative estimate of drug-likeness (QED) is 0.802. The Morgan fingerprint density at radius 2 is 1.89 bits per heavy atom. The number of amides is 1. The summed E-state index contributed by atoms with van der Waals surface area (Å²) >= 11 is 0. The number of hydrogen-bond donors (Lipinski definition) is 0. The van der Waals surface area contributed by atoms with Gasteiger partial charge in [0.05, 0.1) is 5.69 Å². The average molecular weight is 250 g/mol. The summed E-state index contributed by atoms with van der Waals surface area (Å²) in [5.41, 5.74) is 0.647. The van der Waals surface area contributed by atoms with Gasteiger partial charge in [0.15, 0.2) is 0 Å². The number of rotatable bonds is 2. The lowest BCUT2D eigenvalue weighted by Crippen LogP contribution is -2.40. The molecule has 1 aliphatic heterocycles. The Bertz CT molecular complexity index is 426. The predicted molar refractivity (Wildman–Crippen MR) is 70.0 cm³/mol. The van der Waals surface area contributed by atoms with Crippen LogP contribution in [0, 0.1) is 11.7 Å². The van der Waals surface area contributed by atoms with Crippen LogP contribution in [0.3, 0.4) is 0 Å². The second kappa shape index (κ2) is 5.38. The third-order valence-electron chi connectivity index (χ3n) is 3.48. The van der Waals surface area contributed by atoms with Crippen molar-refractivity contribution in [2.75, 3.05) is 32.1 Å². The molecule has 4 heteroatoms. The van der Waals surface area contributed by atoms with Gasteiger partial charge in [0, 0.05) is 33.1 Å². The zero-order chi connectivity index (χ0) is 13.1. The van der Waals surface area contributed by atoms with Crippen molar-refractivity contribution in [1.29, 1.82) is 0 Å². The molecule has 0 unspecified atom stereocenters. The summed E-state index contributed by atoms with van der Waals surface area (Å²) in [5.74, 6) is 0.0843. The minimum Gasteiger partial charge on any atom is -0.369 e. The first-order valence-electron chi connectivity index (χ1n) is 6.30. The van der Waals surface area contributed by atoms with E-state index in [-0.39, 0.29) is 17.6 Å². The number of nitrogens with zero attached hydrogens (tertiary/aromatic N) is 2. The predicted octanol–water partition coefficient (Wildman–Crippen LogP) is 2.13. The first-order chi connectivity index (χ1) is 8.59. The summed E-state index contributed by atoms with van der Waals surface area (Å²) in [6.07, 6.45) is 1.59. The normalized spacial score (nSPS) is 16.7. The van der Waals surface area contributed by atoms with E-state index in [0.717, 1.165) is 25.9 Å². The maximum absolute atomic E-state index is 13.6. The summed E-state index contributed by atoms with van der Waals surface area (Å²) in [5, 5.41) is 0. The SMILES string of the molecule is CN(C)C(=O)C1CCN(c2ccccc2F)CC1. The van der Waals surface area contributed by atoms with Crippen molar-refractivity contribution < 1.29 is 9.18 Å². The van der Waals surface area contributed by atoms with E-state index in [2.05, 4.69) is 0 Å². The first-order valence-corrected chi connectivity index (χ1v) is 6.30. The molecular formula is C14H19FN2O. The summed E-state index contributed by atoms with van der Waals surface area (Å²) in [6.45, 7) is 1.48. The molecule has 0 spiro atoms. The average Bonchev–Trinajstić information content (AvgIpc) is 2.38. The fourth-order valence-corrected chi connectivity index (χ4v) is 2.44. The maximum atomic E-state index is 13.6. The van der Waals surface area contributed by atoms with Crippen LogP contribution in [0.5, 0.6) is 0 Å². The number of anilines is 1. The lowest BCUT2D eigenvalue weighted by Gasteiger charge is -2.34. The number of para-hydroxylation sites is 1. The molecule has 1 heterocycles. The Kier molecular flexibility index (Phi) is 3.84. The zero-order valence-corrected chi connectivity index (χ0v) is 10.9. The first kappa shape index (κ1) is 12.9. The van der Waals surface area contributed by atoms with Crippen LogP contribution < -0.4 is 4.90 Å². The highest BCUT2D eigenvalue weighted by molar-refractivity contribution is 5.78. The van der Waals surface area contributed by atoms with Gasteiger partial charge in [-0.3, -0.25) is 4.79 Å². The van der Waals surface area contributed by atoms with Crippen LogP contribution in [0.4, 0.5) is 10.1 Å². The lowest BCUT2D eigenvalue weighted by molar-refractivity contribution is -0.133. The monoisotopic (exact) mass is 250 g/mol. The molecule has 0 aromatic heterocycles. The Labute approximate surface area is 107 Å². The third-order valence-corrected chi connectivity index (χ3v) is 3.48. The van der Waals surface area contributed by atoms with E-state index in [9.17, 15) is 9.18 Å². The van der Waals surface area contributed by atoms with Gasteiger partial charge in [-0.2, -0.15) is 0 Å². The van der Waals surface area contributed by atoms with E-state index in [0.29, 0.717) is 5.69 Å². The van der Waals surface area contributed by atoms with Crippen molar-refractivity contribution in [3.05, 3.63) is 30.1 Å². The van der Waals surface area contributed by atoms with E-state index < -0.39 is 0 Å². The van der Waals surface area contributed by atoms with E-state index >= 15 is 0 Å². The number of carbonyl (C=O) groups excluding carboxylic acids is 1. The van der Waals surface area contributed by atoms with Gasteiger partial charge in [0.2, 0.25) is 5.91 Å². The Hall–Kier alpha value is -1.58. The molecule has 1 fully saturated rings. The molecule has 0 radical (unpaired) electrons. The minimum absolute atomic E-state index is 0.0861. The molecule has 0 saturated carbocycles. The van der Waals surface area contributed by atoms with Crippen LogP contribution >= 0.6 is 0 Å². The fourth-order valence-electron chi connectivity index (χ4n) is 2.44. The highest BCUT2D eigenvalue weighted by Gasteiger charge is 2.26. The topological polar surface area (TPSA) is 23.6 Å². The number of halogens is 1. The van der Waals surface area contributed by atoms with Gasteiger partial charge in [0.25, 0.3) is 0 Å². The van der Waals surface area contributed by atoms with Crippen molar-refractivity contribution in [1.82, 2.24) is 4.90 Å². The van der Waals surface area contributed by atoms with Crippen LogP contribution in [-0.4, -0.2) is 38.0 Å². The van der Waals surface area contributed by atoms with Gasteiger partial charge >= 0.3 is 0 Å². The van der Waals surface area contributed by atoms with Crippen molar-refractivity contribution in [2.45, 2.75) is 12.8 Å². The smallest absolute Gasteiger partial charge is 0.225 e.